The Labute approximate surface area is 109 Å². The monoisotopic (exact) mass is 251 g/mol. The van der Waals surface area contributed by atoms with Gasteiger partial charge in [0.05, 0.1) is 6.04 Å². The third-order valence-corrected chi connectivity index (χ3v) is 3.72. The Morgan fingerprint density at radius 2 is 1.89 bits per heavy atom. The summed E-state index contributed by atoms with van der Waals surface area (Å²) in [5.74, 6) is 2.53. The van der Waals surface area contributed by atoms with Crippen LogP contribution < -0.4 is 5.73 Å². The molecule has 1 aliphatic carbocycles. The van der Waals surface area contributed by atoms with Gasteiger partial charge < -0.3 is 10.3 Å². The van der Waals surface area contributed by atoms with Gasteiger partial charge in [-0.25, -0.2) is 0 Å². The van der Waals surface area contributed by atoms with Gasteiger partial charge >= 0.3 is 0 Å². The van der Waals surface area contributed by atoms with Crippen LogP contribution in [0.25, 0.3) is 0 Å². The number of hydrogen-bond donors (Lipinski definition) is 1. The van der Waals surface area contributed by atoms with E-state index in [1.807, 2.05) is 0 Å². The smallest absolute Gasteiger partial charge is 0.243 e. The van der Waals surface area contributed by atoms with Crippen LogP contribution in [0.1, 0.15) is 82.5 Å². The lowest BCUT2D eigenvalue weighted by Gasteiger charge is -2.09. The molecule has 1 heterocycles. The van der Waals surface area contributed by atoms with Crippen LogP contribution in [0.15, 0.2) is 4.52 Å². The van der Waals surface area contributed by atoms with Gasteiger partial charge in [0.2, 0.25) is 5.89 Å². The van der Waals surface area contributed by atoms with Crippen LogP contribution in [0.4, 0.5) is 0 Å². The molecule has 0 saturated heterocycles. The largest absolute Gasteiger partial charge is 0.338 e. The highest BCUT2D eigenvalue weighted by Crippen LogP contribution is 2.30. The molecule has 102 valence electrons. The van der Waals surface area contributed by atoms with Crippen LogP contribution >= 0.6 is 0 Å². The molecule has 2 N–H and O–H groups in total. The first-order chi connectivity index (χ1) is 8.66. The van der Waals surface area contributed by atoms with E-state index in [1.54, 1.807) is 0 Å². The van der Waals surface area contributed by atoms with E-state index in [-0.39, 0.29) is 6.04 Å². The lowest BCUT2D eigenvalue weighted by Crippen LogP contribution is -2.13. The highest BCUT2D eigenvalue weighted by molar-refractivity contribution is 4.98. The zero-order chi connectivity index (χ0) is 13.0. The van der Waals surface area contributed by atoms with Gasteiger partial charge in [-0.1, -0.05) is 44.7 Å². The minimum Gasteiger partial charge on any atom is -0.338 e. The summed E-state index contributed by atoms with van der Waals surface area (Å²) in [5, 5.41) is 4.14. The van der Waals surface area contributed by atoms with Gasteiger partial charge in [-0.3, -0.25) is 0 Å². The highest BCUT2D eigenvalue weighted by Gasteiger charge is 2.22. The highest BCUT2D eigenvalue weighted by atomic mass is 16.5. The molecule has 4 heteroatoms. The fraction of sp³-hybridized carbons (Fsp3) is 0.857. The second-order valence-electron chi connectivity index (χ2n) is 5.92. The zero-order valence-electron chi connectivity index (χ0n) is 11.6. The molecule has 2 rings (SSSR count). The summed E-state index contributed by atoms with van der Waals surface area (Å²) in [6, 6.07) is -0.114. The molecule has 18 heavy (non-hydrogen) atoms. The van der Waals surface area contributed by atoms with Gasteiger partial charge in [-0.15, -0.1) is 0 Å². The number of nitrogens with zero attached hydrogens (tertiary/aromatic N) is 2. The number of hydrogen-bond acceptors (Lipinski definition) is 4. The normalized spacial score (nSPS) is 20.0. The molecule has 1 fully saturated rings. The van der Waals surface area contributed by atoms with E-state index in [4.69, 9.17) is 10.3 Å². The van der Waals surface area contributed by atoms with Crippen LogP contribution in [-0.4, -0.2) is 10.1 Å². The van der Waals surface area contributed by atoms with E-state index in [2.05, 4.69) is 24.0 Å². The molecule has 0 radical (unpaired) electrons. The average molecular weight is 251 g/mol. The lowest BCUT2D eigenvalue weighted by atomic mass is 10.00. The van der Waals surface area contributed by atoms with Gasteiger partial charge in [0.1, 0.15) is 0 Å². The molecule has 1 aromatic rings. The molecule has 1 aromatic heterocycles. The summed E-state index contributed by atoms with van der Waals surface area (Å²) in [4.78, 5) is 4.53. The third kappa shape index (κ3) is 3.55. The van der Waals surface area contributed by atoms with Crippen LogP contribution in [0.3, 0.4) is 0 Å². The van der Waals surface area contributed by atoms with Crippen molar-refractivity contribution in [3.63, 3.8) is 0 Å². The summed E-state index contributed by atoms with van der Waals surface area (Å²) >= 11 is 0. The predicted molar refractivity (Wildman–Crippen MR) is 71.1 cm³/mol. The maximum atomic E-state index is 6.07. The fourth-order valence-corrected chi connectivity index (χ4v) is 2.71. The molecular formula is C14H25N3O. The van der Waals surface area contributed by atoms with Crippen molar-refractivity contribution in [3.05, 3.63) is 11.7 Å². The summed E-state index contributed by atoms with van der Waals surface area (Å²) in [5.41, 5.74) is 6.07. The Balaban J connectivity index is 2.00. The molecule has 0 bridgehead atoms. The SMILES string of the molecule is CC(C)C[C@@H](N)c1nc(C2CCCCCC2)no1. The van der Waals surface area contributed by atoms with Gasteiger partial charge in [-0.2, -0.15) is 4.98 Å². The number of nitrogens with two attached hydrogens (primary N) is 1. The Kier molecular flexibility index (Phi) is 4.75. The van der Waals surface area contributed by atoms with E-state index in [0.717, 1.165) is 12.2 Å². The van der Waals surface area contributed by atoms with Gasteiger partial charge in [0, 0.05) is 5.92 Å². The van der Waals surface area contributed by atoms with E-state index < -0.39 is 0 Å². The molecule has 1 saturated carbocycles. The fourth-order valence-electron chi connectivity index (χ4n) is 2.71. The molecule has 4 nitrogen and oxygen atoms in total. The van der Waals surface area contributed by atoms with Crippen LogP contribution in [0.5, 0.6) is 0 Å². The van der Waals surface area contributed by atoms with Crippen molar-refractivity contribution in [2.45, 2.75) is 70.8 Å². The summed E-state index contributed by atoms with van der Waals surface area (Å²) < 4.78 is 5.34. The van der Waals surface area contributed by atoms with Gasteiger partial charge in [0.25, 0.3) is 0 Å². The molecule has 0 aliphatic heterocycles. The second kappa shape index (κ2) is 6.32. The van der Waals surface area contributed by atoms with Crippen molar-refractivity contribution < 1.29 is 4.52 Å². The van der Waals surface area contributed by atoms with Crippen molar-refractivity contribution in [1.82, 2.24) is 10.1 Å². The van der Waals surface area contributed by atoms with Crippen molar-refractivity contribution >= 4 is 0 Å². The molecule has 0 unspecified atom stereocenters. The van der Waals surface area contributed by atoms with Crippen molar-refractivity contribution in [2.75, 3.05) is 0 Å². The Hall–Kier alpha value is -0.900. The first-order valence-corrected chi connectivity index (χ1v) is 7.26. The van der Waals surface area contributed by atoms with Crippen LogP contribution in [-0.2, 0) is 0 Å². The molecule has 0 spiro atoms. The summed E-state index contributed by atoms with van der Waals surface area (Å²) in [7, 11) is 0. The lowest BCUT2D eigenvalue weighted by molar-refractivity contribution is 0.329. The Morgan fingerprint density at radius 1 is 1.22 bits per heavy atom. The number of rotatable bonds is 4. The van der Waals surface area contributed by atoms with Gasteiger partial charge in [-0.05, 0) is 25.2 Å². The first kappa shape index (κ1) is 13.5. The van der Waals surface area contributed by atoms with Crippen molar-refractivity contribution in [3.8, 4) is 0 Å². The van der Waals surface area contributed by atoms with Crippen molar-refractivity contribution in [1.29, 1.82) is 0 Å². The quantitative estimate of drug-likeness (QED) is 0.831. The zero-order valence-corrected chi connectivity index (χ0v) is 11.6. The number of aromatic nitrogens is 2. The van der Waals surface area contributed by atoms with E-state index in [9.17, 15) is 0 Å². The summed E-state index contributed by atoms with van der Waals surface area (Å²) in [6.45, 7) is 4.31. The third-order valence-electron chi connectivity index (χ3n) is 3.72. The van der Waals surface area contributed by atoms with Gasteiger partial charge in [0.15, 0.2) is 5.82 Å². The topological polar surface area (TPSA) is 64.9 Å². The standard InChI is InChI=1S/C14H25N3O/c1-10(2)9-12(15)14-16-13(17-18-14)11-7-5-3-4-6-8-11/h10-12H,3-9,15H2,1-2H3/t12-/m1/s1. The van der Waals surface area contributed by atoms with Crippen LogP contribution in [0, 0.1) is 5.92 Å². The maximum Gasteiger partial charge on any atom is 0.243 e. The van der Waals surface area contributed by atoms with Crippen molar-refractivity contribution in [2.24, 2.45) is 11.7 Å². The van der Waals surface area contributed by atoms with E-state index in [0.29, 0.717) is 17.7 Å². The molecule has 0 aromatic carbocycles. The minimum absolute atomic E-state index is 0.114. The molecule has 0 amide bonds. The predicted octanol–water partition coefficient (Wildman–Crippen LogP) is 3.55. The van der Waals surface area contributed by atoms with E-state index >= 15 is 0 Å². The van der Waals surface area contributed by atoms with E-state index in [1.165, 1.54) is 38.5 Å². The second-order valence-corrected chi connectivity index (χ2v) is 5.92. The maximum absolute atomic E-state index is 6.07. The average Bonchev–Trinajstić information content (AvgIpc) is 2.65. The Morgan fingerprint density at radius 3 is 2.50 bits per heavy atom. The minimum atomic E-state index is -0.114. The summed E-state index contributed by atoms with van der Waals surface area (Å²) in [6.07, 6.45) is 8.53. The molecular weight excluding hydrogens is 226 g/mol. The van der Waals surface area contributed by atoms with Crippen LogP contribution in [0.2, 0.25) is 0 Å². The first-order valence-electron chi connectivity index (χ1n) is 7.26. The molecule has 1 atom stereocenters. The Bertz CT molecular complexity index is 354. The molecule has 1 aliphatic rings.